The van der Waals surface area contributed by atoms with E-state index in [0.717, 1.165) is 11.5 Å². The van der Waals surface area contributed by atoms with Crippen LogP contribution in [0.25, 0.3) is 0 Å². The maximum absolute atomic E-state index is 9.27. The summed E-state index contributed by atoms with van der Waals surface area (Å²) in [5.41, 5.74) is 2.44. The minimum absolute atomic E-state index is 0.335. The van der Waals surface area contributed by atoms with E-state index in [1.807, 2.05) is 12.1 Å². The Labute approximate surface area is 73.0 Å². The molecule has 0 unspecified atom stereocenters. The number of aliphatic hydroxyl groups excluding tert-OH is 1. The van der Waals surface area contributed by atoms with E-state index in [0.29, 0.717) is 0 Å². The smallest absolute Gasteiger partial charge is 0.0761 e. The zero-order valence-corrected chi connectivity index (χ0v) is 7.33. The second-order valence-electron chi connectivity index (χ2n) is 3.62. The fourth-order valence-electron chi connectivity index (χ4n) is 1.46. The molecule has 2 rings (SSSR count). The third-order valence-corrected chi connectivity index (χ3v) is 2.47. The molecule has 1 nitrogen and oxygen atoms in total. The van der Waals surface area contributed by atoms with Crippen molar-refractivity contribution in [3.8, 4) is 0 Å². The Morgan fingerprint density at radius 2 is 1.83 bits per heavy atom. The molecule has 1 fully saturated rings. The molecule has 1 saturated carbocycles. The van der Waals surface area contributed by atoms with Crippen LogP contribution in [-0.2, 0) is 0 Å². The minimum atomic E-state index is -0.335. The van der Waals surface area contributed by atoms with Crippen molar-refractivity contribution in [1.29, 1.82) is 0 Å². The van der Waals surface area contributed by atoms with Gasteiger partial charge in [0.15, 0.2) is 0 Å². The van der Waals surface area contributed by atoms with Crippen LogP contribution in [0.3, 0.4) is 0 Å². The van der Waals surface area contributed by atoms with Crippen molar-refractivity contribution >= 4 is 0 Å². The van der Waals surface area contributed by atoms with Crippen molar-refractivity contribution in [2.75, 3.05) is 0 Å². The van der Waals surface area contributed by atoms with Crippen molar-refractivity contribution in [1.82, 2.24) is 0 Å². The molecular weight excluding hydrogens is 148 g/mol. The zero-order chi connectivity index (χ0) is 8.55. The first-order valence-electron chi connectivity index (χ1n) is 4.55. The molecule has 1 N–H and O–H groups in total. The first kappa shape index (κ1) is 7.81. The number of hydrogen-bond donors (Lipinski definition) is 1. The summed E-state index contributed by atoms with van der Waals surface area (Å²) >= 11 is 0. The molecule has 0 saturated heterocycles. The van der Waals surface area contributed by atoms with Crippen LogP contribution in [0.4, 0.5) is 0 Å². The van der Waals surface area contributed by atoms with Crippen molar-refractivity contribution in [2.45, 2.75) is 31.8 Å². The van der Waals surface area contributed by atoms with Gasteiger partial charge >= 0.3 is 0 Å². The van der Waals surface area contributed by atoms with Gasteiger partial charge in [0.1, 0.15) is 0 Å². The zero-order valence-electron chi connectivity index (χ0n) is 7.33. The summed E-state index contributed by atoms with van der Waals surface area (Å²) in [5, 5.41) is 9.27. The van der Waals surface area contributed by atoms with Gasteiger partial charge in [0.05, 0.1) is 6.10 Å². The summed E-state index contributed by atoms with van der Waals surface area (Å²) in [6.45, 7) is 1.80. The highest BCUT2D eigenvalue weighted by molar-refractivity contribution is 5.28. The highest BCUT2D eigenvalue weighted by Gasteiger charge is 2.22. The Hall–Kier alpha value is -0.820. The molecule has 0 radical (unpaired) electrons. The predicted octanol–water partition coefficient (Wildman–Crippen LogP) is 2.62. The summed E-state index contributed by atoms with van der Waals surface area (Å²) < 4.78 is 0. The number of rotatable bonds is 2. The molecule has 0 aromatic heterocycles. The highest BCUT2D eigenvalue weighted by Crippen LogP contribution is 2.40. The first-order valence-corrected chi connectivity index (χ1v) is 4.55. The van der Waals surface area contributed by atoms with Gasteiger partial charge < -0.3 is 5.11 Å². The van der Waals surface area contributed by atoms with Crippen LogP contribution in [0.15, 0.2) is 24.3 Å². The lowest BCUT2D eigenvalue weighted by molar-refractivity contribution is 0.199. The van der Waals surface area contributed by atoms with Crippen LogP contribution in [0.5, 0.6) is 0 Å². The van der Waals surface area contributed by atoms with Gasteiger partial charge in [-0.15, -0.1) is 0 Å². The summed E-state index contributed by atoms with van der Waals surface area (Å²) in [6.07, 6.45) is 2.35. The maximum atomic E-state index is 9.27. The van der Waals surface area contributed by atoms with Gasteiger partial charge in [-0.1, -0.05) is 24.3 Å². The Kier molecular flexibility index (Phi) is 1.89. The Morgan fingerprint density at radius 1 is 1.25 bits per heavy atom. The van der Waals surface area contributed by atoms with Gasteiger partial charge in [0.2, 0.25) is 0 Å². The van der Waals surface area contributed by atoms with Gasteiger partial charge in [-0.2, -0.15) is 0 Å². The average Bonchev–Trinajstić information content (AvgIpc) is 2.87. The number of hydrogen-bond acceptors (Lipinski definition) is 1. The standard InChI is InChI=1S/C11H14O/c1-8(12)9-2-4-10(5-3-9)11-6-7-11/h2-5,8,11-12H,6-7H2,1H3/t8-/m0/s1. The van der Waals surface area contributed by atoms with Gasteiger partial charge in [0.25, 0.3) is 0 Å². The van der Waals surface area contributed by atoms with Crippen molar-refractivity contribution in [3.05, 3.63) is 35.4 Å². The Bertz CT molecular complexity index is 236. The molecule has 1 aromatic rings. The van der Waals surface area contributed by atoms with Crippen LogP contribution < -0.4 is 0 Å². The third-order valence-electron chi connectivity index (χ3n) is 2.47. The molecule has 0 aliphatic heterocycles. The number of aliphatic hydroxyl groups is 1. The maximum Gasteiger partial charge on any atom is 0.0761 e. The predicted molar refractivity (Wildman–Crippen MR) is 49.1 cm³/mol. The van der Waals surface area contributed by atoms with Crippen molar-refractivity contribution in [3.63, 3.8) is 0 Å². The SMILES string of the molecule is C[C@H](O)c1ccc(C2CC2)cc1. The monoisotopic (exact) mass is 162 g/mol. The first-order chi connectivity index (χ1) is 5.77. The van der Waals surface area contributed by atoms with Crippen LogP contribution in [0.2, 0.25) is 0 Å². The largest absolute Gasteiger partial charge is 0.389 e. The van der Waals surface area contributed by atoms with Gasteiger partial charge in [-0.05, 0) is 36.8 Å². The van der Waals surface area contributed by atoms with Crippen molar-refractivity contribution in [2.24, 2.45) is 0 Å². The number of benzene rings is 1. The summed E-state index contributed by atoms with van der Waals surface area (Å²) in [6, 6.07) is 8.33. The van der Waals surface area contributed by atoms with E-state index < -0.39 is 0 Å². The van der Waals surface area contributed by atoms with E-state index in [4.69, 9.17) is 0 Å². The highest BCUT2D eigenvalue weighted by atomic mass is 16.3. The molecular formula is C11H14O. The summed E-state index contributed by atoms with van der Waals surface area (Å²) in [4.78, 5) is 0. The van der Waals surface area contributed by atoms with Gasteiger partial charge in [-0.3, -0.25) is 0 Å². The molecule has 0 amide bonds. The molecule has 1 aliphatic carbocycles. The van der Waals surface area contributed by atoms with E-state index in [-0.39, 0.29) is 6.10 Å². The molecule has 0 heterocycles. The van der Waals surface area contributed by atoms with E-state index in [1.165, 1.54) is 18.4 Å². The topological polar surface area (TPSA) is 20.2 Å². The van der Waals surface area contributed by atoms with E-state index in [2.05, 4.69) is 12.1 Å². The molecule has 1 aliphatic rings. The van der Waals surface area contributed by atoms with E-state index >= 15 is 0 Å². The lowest BCUT2D eigenvalue weighted by Crippen LogP contribution is -1.90. The summed E-state index contributed by atoms with van der Waals surface area (Å²) in [7, 11) is 0. The van der Waals surface area contributed by atoms with Crippen LogP contribution in [0, 0.1) is 0 Å². The van der Waals surface area contributed by atoms with E-state index in [9.17, 15) is 5.11 Å². The second kappa shape index (κ2) is 2.91. The minimum Gasteiger partial charge on any atom is -0.389 e. The van der Waals surface area contributed by atoms with Gasteiger partial charge in [-0.25, -0.2) is 0 Å². The molecule has 0 bridgehead atoms. The Morgan fingerprint density at radius 3 is 2.25 bits per heavy atom. The average molecular weight is 162 g/mol. The normalized spacial score (nSPS) is 19.2. The molecule has 1 heteroatoms. The van der Waals surface area contributed by atoms with Gasteiger partial charge in [0, 0.05) is 0 Å². The summed E-state index contributed by atoms with van der Waals surface area (Å²) in [5.74, 6) is 0.813. The Balaban J connectivity index is 2.18. The molecule has 64 valence electrons. The lowest BCUT2D eigenvalue weighted by Gasteiger charge is -2.04. The van der Waals surface area contributed by atoms with Crippen LogP contribution in [0.1, 0.15) is 42.9 Å². The third kappa shape index (κ3) is 1.51. The fourth-order valence-corrected chi connectivity index (χ4v) is 1.46. The van der Waals surface area contributed by atoms with E-state index in [1.54, 1.807) is 6.92 Å². The molecule has 12 heavy (non-hydrogen) atoms. The lowest BCUT2D eigenvalue weighted by atomic mass is 10.1. The van der Waals surface area contributed by atoms with Crippen LogP contribution >= 0.6 is 0 Å². The molecule has 0 spiro atoms. The second-order valence-corrected chi connectivity index (χ2v) is 3.62. The molecule has 1 aromatic carbocycles. The van der Waals surface area contributed by atoms with Crippen LogP contribution in [-0.4, -0.2) is 5.11 Å². The molecule has 1 atom stereocenters. The quantitative estimate of drug-likeness (QED) is 0.708. The fraction of sp³-hybridized carbons (Fsp3) is 0.455. The van der Waals surface area contributed by atoms with Crippen molar-refractivity contribution < 1.29 is 5.11 Å².